The molecule has 0 fully saturated rings. The molecule has 0 saturated carbocycles. The van der Waals surface area contributed by atoms with Crippen LogP contribution in [0.25, 0.3) is 0 Å². The molecule has 3 N–H and O–H groups in total. The quantitative estimate of drug-likeness (QED) is 0.612. The maximum Gasteiger partial charge on any atom is 0.243 e. The van der Waals surface area contributed by atoms with Gasteiger partial charge in [0.05, 0.1) is 17.2 Å². The van der Waals surface area contributed by atoms with Crippen molar-refractivity contribution in [3.63, 3.8) is 0 Å². The number of hydrogen-bond donors (Lipinski definition) is 2. The molecule has 20 heavy (non-hydrogen) atoms. The van der Waals surface area contributed by atoms with E-state index in [1.807, 2.05) is 38.3 Å². The molecule has 0 unspecified atom stereocenters. The minimum absolute atomic E-state index is 0.333. The summed E-state index contributed by atoms with van der Waals surface area (Å²) in [5.41, 5.74) is 3.45. The highest BCUT2D eigenvalue weighted by Crippen LogP contribution is 2.16. The molecule has 0 saturated heterocycles. The van der Waals surface area contributed by atoms with E-state index in [0.717, 1.165) is 10.7 Å². The Morgan fingerprint density at radius 2 is 1.85 bits per heavy atom. The van der Waals surface area contributed by atoms with Crippen molar-refractivity contribution in [3.8, 4) is 0 Å². The van der Waals surface area contributed by atoms with Crippen molar-refractivity contribution in [3.05, 3.63) is 16.1 Å². The lowest BCUT2D eigenvalue weighted by molar-refractivity contribution is 0.826. The molecule has 2 rings (SSSR count). The van der Waals surface area contributed by atoms with Crippen LogP contribution in [0, 0.1) is 6.92 Å². The lowest BCUT2D eigenvalue weighted by Crippen LogP contribution is -2.24. The lowest BCUT2D eigenvalue weighted by Gasteiger charge is -2.18. The monoisotopic (exact) mass is 294 g/mol. The maximum atomic E-state index is 5.39. The number of hydrazine groups is 1. The van der Waals surface area contributed by atoms with Crippen LogP contribution in [-0.2, 0) is 6.54 Å². The third-order valence-electron chi connectivity index (χ3n) is 2.55. The van der Waals surface area contributed by atoms with Crippen LogP contribution in [0.2, 0.25) is 0 Å². The van der Waals surface area contributed by atoms with Crippen LogP contribution in [0.3, 0.4) is 0 Å². The molecule has 108 valence electrons. The van der Waals surface area contributed by atoms with Crippen molar-refractivity contribution in [2.45, 2.75) is 13.5 Å². The third kappa shape index (κ3) is 3.31. The van der Waals surface area contributed by atoms with Gasteiger partial charge in [-0.05, 0) is 6.92 Å². The standard InChI is InChI=1S/C11H18N8S/c1-7-13-8(6-20-7)5-19(4)11-15-9(17-12)14-10(16-11)18(2)3/h6H,5,12H2,1-4H3,(H,14,15,16,17). The van der Waals surface area contributed by atoms with Gasteiger partial charge in [0.2, 0.25) is 17.8 Å². The second kappa shape index (κ2) is 5.97. The van der Waals surface area contributed by atoms with Crippen molar-refractivity contribution < 1.29 is 0 Å². The second-order valence-electron chi connectivity index (χ2n) is 4.51. The number of nitrogens with one attached hydrogen (secondary N) is 1. The first kappa shape index (κ1) is 14.4. The average molecular weight is 294 g/mol. The first-order valence-electron chi connectivity index (χ1n) is 6.01. The molecule has 0 bridgehead atoms. The summed E-state index contributed by atoms with van der Waals surface area (Å²) in [4.78, 5) is 21.0. The van der Waals surface area contributed by atoms with E-state index in [1.165, 1.54) is 0 Å². The molecule has 0 radical (unpaired) electrons. The van der Waals surface area contributed by atoms with E-state index in [2.05, 4.69) is 25.4 Å². The number of rotatable bonds is 5. The number of nitrogens with zero attached hydrogens (tertiary/aromatic N) is 6. The van der Waals surface area contributed by atoms with Crippen molar-refractivity contribution in [2.24, 2.45) is 5.84 Å². The van der Waals surface area contributed by atoms with E-state index in [4.69, 9.17) is 5.84 Å². The summed E-state index contributed by atoms with van der Waals surface area (Å²) in [7, 11) is 5.64. The van der Waals surface area contributed by atoms with E-state index in [-0.39, 0.29) is 0 Å². The number of aryl methyl sites for hydroxylation is 1. The second-order valence-corrected chi connectivity index (χ2v) is 5.57. The van der Waals surface area contributed by atoms with Crippen LogP contribution >= 0.6 is 11.3 Å². The molecule has 2 aromatic heterocycles. The predicted octanol–water partition coefficient (Wildman–Crippen LogP) is 0.625. The van der Waals surface area contributed by atoms with E-state index < -0.39 is 0 Å². The van der Waals surface area contributed by atoms with Gasteiger partial charge in [0.25, 0.3) is 0 Å². The van der Waals surface area contributed by atoms with Crippen LogP contribution in [-0.4, -0.2) is 41.1 Å². The van der Waals surface area contributed by atoms with Crippen molar-refractivity contribution in [2.75, 3.05) is 36.4 Å². The van der Waals surface area contributed by atoms with Gasteiger partial charge in [0, 0.05) is 26.5 Å². The number of hydrogen-bond acceptors (Lipinski definition) is 9. The van der Waals surface area contributed by atoms with Gasteiger partial charge in [-0.1, -0.05) is 0 Å². The van der Waals surface area contributed by atoms with Gasteiger partial charge in [-0.15, -0.1) is 11.3 Å². The van der Waals surface area contributed by atoms with E-state index in [0.29, 0.717) is 24.4 Å². The average Bonchev–Trinajstić information content (AvgIpc) is 2.83. The molecule has 0 aromatic carbocycles. The molecule has 0 spiro atoms. The Balaban J connectivity index is 2.24. The third-order valence-corrected chi connectivity index (χ3v) is 3.37. The van der Waals surface area contributed by atoms with Crippen LogP contribution in [0.5, 0.6) is 0 Å². The lowest BCUT2D eigenvalue weighted by atomic mass is 10.4. The number of aromatic nitrogens is 4. The molecule has 0 aliphatic heterocycles. The minimum atomic E-state index is 0.333. The molecule has 2 aromatic rings. The maximum absolute atomic E-state index is 5.39. The van der Waals surface area contributed by atoms with Gasteiger partial charge in [0.1, 0.15) is 0 Å². The molecular weight excluding hydrogens is 276 g/mol. The molecule has 0 aliphatic rings. The van der Waals surface area contributed by atoms with E-state index >= 15 is 0 Å². The van der Waals surface area contributed by atoms with Crippen molar-refractivity contribution in [1.82, 2.24) is 19.9 Å². The first-order chi connectivity index (χ1) is 9.49. The summed E-state index contributed by atoms with van der Waals surface area (Å²) in [6.45, 7) is 2.61. The number of nitrogen functional groups attached to an aromatic ring is 1. The van der Waals surface area contributed by atoms with Gasteiger partial charge in [-0.3, -0.25) is 5.43 Å². The van der Waals surface area contributed by atoms with Crippen LogP contribution < -0.4 is 21.1 Å². The summed E-state index contributed by atoms with van der Waals surface area (Å²) in [5.74, 6) is 6.82. The smallest absolute Gasteiger partial charge is 0.243 e. The summed E-state index contributed by atoms with van der Waals surface area (Å²) in [6, 6.07) is 0. The molecule has 2 heterocycles. The summed E-state index contributed by atoms with van der Waals surface area (Å²) in [5, 5.41) is 3.07. The normalized spacial score (nSPS) is 10.4. The Kier molecular flexibility index (Phi) is 4.30. The summed E-state index contributed by atoms with van der Waals surface area (Å²) in [6.07, 6.45) is 0. The summed E-state index contributed by atoms with van der Waals surface area (Å²) < 4.78 is 0. The SMILES string of the molecule is Cc1nc(CN(C)c2nc(NN)nc(N(C)C)n2)cs1. The summed E-state index contributed by atoms with van der Waals surface area (Å²) >= 11 is 1.63. The Morgan fingerprint density at radius 3 is 2.40 bits per heavy atom. The highest BCUT2D eigenvalue weighted by molar-refractivity contribution is 7.09. The highest BCUT2D eigenvalue weighted by Gasteiger charge is 2.12. The van der Waals surface area contributed by atoms with Gasteiger partial charge in [0.15, 0.2) is 0 Å². The molecular formula is C11H18N8S. The zero-order valence-electron chi connectivity index (χ0n) is 12.0. The van der Waals surface area contributed by atoms with Crippen LogP contribution in [0.4, 0.5) is 17.8 Å². The predicted molar refractivity (Wildman–Crippen MR) is 80.9 cm³/mol. The fraction of sp³-hybridized carbons (Fsp3) is 0.455. The molecule has 8 nitrogen and oxygen atoms in total. The van der Waals surface area contributed by atoms with Gasteiger partial charge < -0.3 is 9.80 Å². The zero-order chi connectivity index (χ0) is 14.7. The highest BCUT2D eigenvalue weighted by atomic mass is 32.1. The van der Waals surface area contributed by atoms with Crippen LogP contribution in [0.1, 0.15) is 10.7 Å². The number of nitrogens with two attached hydrogens (primary N) is 1. The van der Waals surface area contributed by atoms with Crippen LogP contribution in [0.15, 0.2) is 5.38 Å². The molecule has 0 aliphatic carbocycles. The first-order valence-corrected chi connectivity index (χ1v) is 6.89. The zero-order valence-corrected chi connectivity index (χ0v) is 12.8. The largest absolute Gasteiger partial charge is 0.347 e. The Bertz CT molecular complexity index is 582. The molecule has 9 heteroatoms. The van der Waals surface area contributed by atoms with Gasteiger partial charge >= 0.3 is 0 Å². The van der Waals surface area contributed by atoms with Gasteiger partial charge in [-0.25, -0.2) is 10.8 Å². The fourth-order valence-corrected chi connectivity index (χ4v) is 2.19. The fourth-order valence-electron chi connectivity index (χ4n) is 1.58. The Hall–Kier alpha value is -2.00. The Labute approximate surface area is 121 Å². The van der Waals surface area contributed by atoms with Crippen molar-refractivity contribution in [1.29, 1.82) is 0 Å². The number of thiazole rings is 1. The molecule has 0 amide bonds. The topological polar surface area (TPSA) is 96.1 Å². The Morgan fingerprint density at radius 1 is 1.15 bits per heavy atom. The van der Waals surface area contributed by atoms with E-state index in [1.54, 1.807) is 16.2 Å². The minimum Gasteiger partial charge on any atom is -0.347 e. The van der Waals surface area contributed by atoms with E-state index in [9.17, 15) is 0 Å². The number of anilines is 3. The van der Waals surface area contributed by atoms with Crippen molar-refractivity contribution >= 4 is 29.2 Å². The van der Waals surface area contributed by atoms with Gasteiger partial charge in [-0.2, -0.15) is 15.0 Å². The molecule has 0 atom stereocenters.